The van der Waals surface area contributed by atoms with Gasteiger partial charge < -0.3 is 18.8 Å². The summed E-state index contributed by atoms with van der Waals surface area (Å²) in [6.45, 7) is 1.64. The maximum atomic E-state index is 12.7. The number of rotatable bonds is 4. The molecule has 0 aliphatic carbocycles. The third-order valence-corrected chi connectivity index (χ3v) is 4.75. The summed E-state index contributed by atoms with van der Waals surface area (Å²) < 4.78 is 16.3. The monoisotopic (exact) mass is 351 g/mol. The van der Waals surface area contributed by atoms with Crippen LogP contribution in [0.25, 0.3) is 10.8 Å². The fourth-order valence-electron chi connectivity index (χ4n) is 3.44. The van der Waals surface area contributed by atoms with E-state index >= 15 is 0 Å². The molecule has 0 spiro atoms. The number of carbonyl (C=O) groups excluding carboxylic acids is 1. The zero-order valence-corrected chi connectivity index (χ0v) is 14.7. The number of methoxy groups -OCH3 is 1. The van der Waals surface area contributed by atoms with Gasteiger partial charge in [0.05, 0.1) is 19.8 Å². The summed E-state index contributed by atoms with van der Waals surface area (Å²) in [4.78, 5) is 14.4. The number of ether oxygens (including phenoxy) is 2. The fourth-order valence-corrected chi connectivity index (χ4v) is 3.44. The minimum absolute atomic E-state index is 0.0321. The van der Waals surface area contributed by atoms with Crippen molar-refractivity contribution in [1.29, 1.82) is 0 Å². The predicted octanol–water partition coefficient (Wildman–Crippen LogP) is 3.53. The van der Waals surface area contributed by atoms with Crippen LogP contribution in [0.4, 0.5) is 0 Å². The molecule has 5 nitrogen and oxygen atoms in total. The van der Waals surface area contributed by atoms with E-state index in [2.05, 4.69) is 30.3 Å². The molecule has 4 rings (SSSR count). The van der Waals surface area contributed by atoms with Gasteiger partial charge in [0, 0.05) is 25.6 Å². The standard InChI is InChI=1S/C21H21NO4/c1-24-20-10-9-19(26-20)21(23)22-11-12-25-17(14-22)13-16-7-4-6-15-5-2-3-8-18(15)16/h2-10,17H,11-14H2,1H3. The highest BCUT2D eigenvalue weighted by molar-refractivity contribution is 5.91. The van der Waals surface area contributed by atoms with Crippen molar-refractivity contribution in [3.05, 3.63) is 65.9 Å². The third kappa shape index (κ3) is 3.30. The molecule has 26 heavy (non-hydrogen) atoms. The summed E-state index contributed by atoms with van der Waals surface area (Å²) in [5.74, 6) is 0.515. The number of nitrogens with zero attached hydrogens (tertiary/aromatic N) is 1. The smallest absolute Gasteiger partial charge is 0.289 e. The van der Waals surface area contributed by atoms with Crippen molar-refractivity contribution in [2.24, 2.45) is 0 Å². The Morgan fingerprint density at radius 1 is 1.15 bits per heavy atom. The molecule has 1 aliphatic rings. The number of hydrogen-bond donors (Lipinski definition) is 0. The molecule has 1 unspecified atom stereocenters. The van der Waals surface area contributed by atoms with Crippen LogP contribution in [0, 0.1) is 0 Å². The Hall–Kier alpha value is -2.79. The second-order valence-corrected chi connectivity index (χ2v) is 6.41. The van der Waals surface area contributed by atoms with Crippen LogP contribution in [0.3, 0.4) is 0 Å². The summed E-state index contributed by atoms with van der Waals surface area (Å²) >= 11 is 0. The minimum atomic E-state index is -0.125. The first kappa shape index (κ1) is 16.7. The molecule has 134 valence electrons. The van der Waals surface area contributed by atoms with Crippen molar-refractivity contribution < 1.29 is 18.7 Å². The summed E-state index contributed by atoms with van der Waals surface area (Å²) in [5, 5.41) is 2.45. The van der Waals surface area contributed by atoms with Gasteiger partial charge in [0.25, 0.3) is 11.9 Å². The van der Waals surface area contributed by atoms with Crippen LogP contribution < -0.4 is 4.74 Å². The van der Waals surface area contributed by atoms with E-state index in [-0.39, 0.29) is 12.0 Å². The van der Waals surface area contributed by atoms with Crippen molar-refractivity contribution >= 4 is 16.7 Å². The van der Waals surface area contributed by atoms with Gasteiger partial charge in [0.1, 0.15) is 0 Å². The van der Waals surface area contributed by atoms with Crippen LogP contribution in [0.15, 0.2) is 59.0 Å². The molecule has 2 heterocycles. The summed E-state index contributed by atoms with van der Waals surface area (Å²) in [6.07, 6.45) is 0.738. The maximum absolute atomic E-state index is 12.7. The molecule has 3 aromatic rings. The van der Waals surface area contributed by atoms with E-state index in [1.165, 1.54) is 23.4 Å². The highest BCUT2D eigenvalue weighted by Gasteiger charge is 2.27. The number of carbonyl (C=O) groups is 1. The lowest BCUT2D eigenvalue weighted by atomic mass is 9.99. The Labute approximate surface area is 152 Å². The number of hydrogen-bond acceptors (Lipinski definition) is 4. The molecule has 1 aliphatic heterocycles. The van der Waals surface area contributed by atoms with Crippen LogP contribution in [0.1, 0.15) is 16.1 Å². The molecule has 5 heteroatoms. The highest BCUT2D eigenvalue weighted by Crippen LogP contribution is 2.23. The molecule has 1 atom stereocenters. The average molecular weight is 351 g/mol. The van der Waals surface area contributed by atoms with Crippen molar-refractivity contribution in [2.75, 3.05) is 26.8 Å². The third-order valence-electron chi connectivity index (χ3n) is 4.75. The summed E-state index contributed by atoms with van der Waals surface area (Å²) in [7, 11) is 1.52. The van der Waals surface area contributed by atoms with Gasteiger partial charge in [-0.25, -0.2) is 0 Å². The van der Waals surface area contributed by atoms with Gasteiger partial charge >= 0.3 is 0 Å². The molecule has 0 N–H and O–H groups in total. The van der Waals surface area contributed by atoms with Gasteiger partial charge in [-0.2, -0.15) is 0 Å². The second kappa shape index (κ2) is 7.22. The lowest BCUT2D eigenvalue weighted by Gasteiger charge is -2.32. The van der Waals surface area contributed by atoms with Crippen LogP contribution in [-0.2, 0) is 11.2 Å². The lowest BCUT2D eigenvalue weighted by molar-refractivity contribution is -0.0217. The van der Waals surface area contributed by atoms with Gasteiger partial charge in [-0.05, 0) is 22.4 Å². The van der Waals surface area contributed by atoms with Gasteiger partial charge in [-0.3, -0.25) is 4.79 Å². The number of fused-ring (bicyclic) bond motifs is 1. The quantitative estimate of drug-likeness (QED) is 0.722. The first-order valence-corrected chi connectivity index (χ1v) is 8.76. The predicted molar refractivity (Wildman–Crippen MR) is 98.6 cm³/mol. The van der Waals surface area contributed by atoms with E-state index in [9.17, 15) is 4.79 Å². The number of benzene rings is 2. The largest absolute Gasteiger partial charge is 0.468 e. The number of furan rings is 1. The Kier molecular flexibility index (Phi) is 4.63. The van der Waals surface area contributed by atoms with Crippen molar-refractivity contribution in [1.82, 2.24) is 4.90 Å². The number of morpholine rings is 1. The van der Waals surface area contributed by atoms with Gasteiger partial charge in [-0.15, -0.1) is 0 Å². The normalized spacial score (nSPS) is 17.4. The Morgan fingerprint density at radius 2 is 2.00 bits per heavy atom. The Balaban J connectivity index is 1.49. The molecule has 0 bridgehead atoms. The topological polar surface area (TPSA) is 51.9 Å². The van der Waals surface area contributed by atoms with Crippen LogP contribution in [-0.4, -0.2) is 43.7 Å². The van der Waals surface area contributed by atoms with Crippen LogP contribution >= 0.6 is 0 Å². The van der Waals surface area contributed by atoms with Crippen LogP contribution in [0.2, 0.25) is 0 Å². The maximum Gasteiger partial charge on any atom is 0.289 e. The average Bonchev–Trinajstić information content (AvgIpc) is 3.17. The van der Waals surface area contributed by atoms with E-state index in [1.807, 2.05) is 12.1 Å². The molecule has 2 aromatic carbocycles. The van der Waals surface area contributed by atoms with Gasteiger partial charge in [0.2, 0.25) is 0 Å². The summed E-state index contributed by atoms with van der Waals surface area (Å²) in [6, 6.07) is 17.9. The SMILES string of the molecule is COc1ccc(C(=O)N2CCOC(Cc3cccc4ccccc34)C2)o1. The highest BCUT2D eigenvalue weighted by atomic mass is 16.6. The van der Waals surface area contributed by atoms with Gasteiger partial charge in [0.15, 0.2) is 5.76 Å². The van der Waals surface area contributed by atoms with E-state index in [0.717, 1.165) is 6.42 Å². The molecule has 1 saturated heterocycles. The first-order chi connectivity index (χ1) is 12.7. The molecular weight excluding hydrogens is 330 g/mol. The zero-order chi connectivity index (χ0) is 17.9. The van der Waals surface area contributed by atoms with Crippen molar-refractivity contribution in [3.63, 3.8) is 0 Å². The first-order valence-electron chi connectivity index (χ1n) is 8.76. The van der Waals surface area contributed by atoms with E-state index in [4.69, 9.17) is 13.9 Å². The zero-order valence-electron chi connectivity index (χ0n) is 14.7. The molecule has 1 fully saturated rings. The Bertz CT molecular complexity index is 912. The second-order valence-electron chi connectivity index (χ2n) is 6.41. The molecule has 1 amide bonds. The van der Waals surface area contributed by atoms with E-state index < -0.39 is 0 Å². The Morgan fingerprint density at radius 3 is 2.85 bits per heavy atom. The summed E-state index contributed by atoms with van der Waals surface area (Å²) in [5.41, 5.74) is 1.24. The lowest BCUT2D eigenvalue weighted by Crippen LogP contribution is -2.46. The molecular formula is C21H21NO4. The van der Waals surface area contributed by atoms with Crippen LogP contribution in [0.5, 0.6) is 5.95 Å². The van der Waals surface area contributed by atoms with E-state index in [1.54, 1.807) is 17.0 Å². The number of amides is 1. The van der Waals surface area contributed by atoms with Crippen molar-refractivity contribution in [2.45, 2.75) is 12.5 Å². The molecule has 0 saturated carbocycles. The molecule has 1 aromatic heterocycles. The van der Waals surface area contributed by atoms with Crippen molar-refractivity contribution in [3.8, 4) is 5.95 Å². The van der Waals surface area contributed by atoms with Gasteiger partial charge in [-0.1, -0.05) is 42.5 Å². The molecule has 0 radical (unpaired) electrons. The minimum Gasteiger partial charge on any atom is -0.468 e. The van der Waals surface area contributed by atoms with E-state index in [0.29, 0.717) is 31.4 Å². The fraction of sp³-hybridized carbons (Fsp3) is 0.286.